The van der Waals surface area contributed by atoms with Gasteiger partial charge in [0.1, 0.15) is 17.2 Å². The van der Waals surface area contributed by atoms with Crippen LogP contribution in [0.25, 0.3) is 11.0 Å². The molecule has 0 spiro atoms. The molecular formula is C19H21F2N5O. The summed E-state index contributed by atoms with van der Waals surface area (Å²) in [6, 6.07) is 7.36. The van der Waals surface area contributed by atoms with Crippen molar-refractivity contribution < 1.29 is 14.0 Å². The molecule has 3 rings (SSSR count). The Morgan fingerprint density at radius 3 is 2.63 bits per heavy atom. The number of nitrogens with zero attached hydrogens (tertiary/aromatic N) is 2. The van der Waals surface area contributed by atoms with Crippen LogP contribution in [0.4, 0.5) is 14.5 Å². The van der Waals surface area contributed by atoms with Crippen LogP contribution in [-0.4, -0.2) is 27.1 Å². The fourth-order valence-corrected chi connectivity index (χ4v) is 2.66. The maximum atomic E-state index is 14.2. The van der Waals surface area contributed by atoms with Gasteiger partial charge >= 0.3 is 0 Å². The molecule has 0 aliphatic rings. The van der Waals surface area contributed by atoms with E-state index in [9.17, 15) is 14.0 Å². The van der Waals surface area contributed by atoms with Crippen molar-refractivity contribution in [3.8, 4) is 0 Å². The molecule has 3 aromatic rings. The molecule has 0 saturated heterocycles. The number of aromatic nitrogens is 2. The van der Waals surface area contributed by atoms with E-state index in [0.29, 0.717) is 34.7 Å². The van der Waals surface area contributed by atoms with Crippen LogP contribution in [0.1, 0.15) is 30.8 Å². The van der Waals surface area contributed by atoms with Crippen molar-refractivity contribution in [2.45, 2.75) is 33.4 Å². The molecule has 0 bridgehead atoms. The minimum atomic E-state index is -0.476. The third kappa shape index (κ3) is 4.12. The minimum absolute atomic E-state index is 0.0954. The molecule has 0 aliphatic heterocycles. The maximum absolute atomic E-state index is 14.2. The van der Waals surface area contributed by atoms with Crippen molar-refractivity contribution in [3.05, 3.63) is 58.9 Å². The van der Waals surface area contributed by atoms with Crippen molar-refractivity contribution in [1.82, 2.24) is 20.8 Å². The van der Waals surface area contributed by atoms with E-state index in [1.54, 1.807) is 13.0 Å². The van der Waals surface area contributed by atoms with Crippen LogP contribution in [0, 0.1) is 18.6 Å². The Morgan fingerprint density at radius 1 is 1.22 bits per heavy atom. The molecular weight excluding hydrogens is 352 g/mol. The molecule has 0 amide bonds. The van der Waals surface area contributed by atoms with Gasteiger partial charge in [0.05, 0.1) is 17.7 Å². The summed E-state index contributed by atoms with van der Waals surface area (Å²) in [6.07, 6.45) is 0. The SMILES string of the molecule is Cc1cc(N=C(NO)c2ccc(F)c3nc(CNC(C)C)[nH]c23)ccc1F. The smallest absolute Gasteiger partial charge is 0.159 e. The van der Waals surface area contributed by atoms with Gasteiger partial charge < -0.3 is 10.3 Å². The van der Waals surface area contributed by atoms with Crippen LogP contribution in [0.5, 0.6) is 0 Å². The highest BCUT2D eigenvalue weighted by Crippen LogP contribution is 2.23. The Labute approximate surface area is 155 Å². The number of aryl methyl sites for hydroxylation is 1. The second kappa shape index (κ2) is 7.81. The second-order valence-corrected chi connectivity index (χ2v) is 6.54. The molecule has 27 heavy (non-hydrogen) atoms. The predicted molar refractivity (Wildman–Crippen MR) is 100 cm³/mol. The van der Waals surface area contributed by atoms with E-state index in [0.717, 1.165) is 0 Å². The van der Waals surface area contributed by atoms with E-state index < -0.39 is 5.82 Å². The third-order valence-electron chi connectivity index (χ3n) is 4.07. The number of amidine groups is 1. The lowest BCUT2D eigenvalue weighted by atomic mass is 10.1. The van der Waals surface area contributed by atoms with Gasteiger partial charge in [-0.1, -0.05) is 13.8 Å². The number of fused-ring (bicyclic) bond motifs is 1. The zero-order valence-corrected chi connectivity index (χ0v) is 15.3. The van der Waals surface area contributed by atoms with Crippen LogP contribution in [0.3, 0.4) is 0 Å². The fourth-order valence-electron chi connectivity index (χ4n) is 2.66. The van der Waals surface area contributed by atoms with E-state index >= 15 is 0 Å². The monoisotopic (exact) mass is 373 g/mol. The lowest BCUT2D eigenvalue weighted by molar-refractivity contribution is 0.235. The summed E-state index contributed by atoms with van der Waals surface area (Å²) in [5, 5.41) is 12.8. The van der Waals surface area contributed by atoms with Crippen molar-refractivity contribution in [1.29, 1.82) is 0 Å². The number of hydrogen-bond donors (Lipinski definition) is 4. The summed E-state index contributed by atoms with van der Waals surface area (Å²) in [6.45, 7) is 6.07. The van der Waals surface area contributed by atoms with Crippen molar-refractivity contribution in [3.63, 3.8) is 0 Å². The average molecular weight is 373 g/mol. The number of nitrogens with one attached hydrogen (secondary N) is 3. The first-order valence-electron chi connectivity index (χ1n) is 8.55. The van der Waals surface area contributed by atoms with E-state index in [-0.39, 0.29) is 23.2 Å². The molecule has 0 atom stereocenters. The Balaban J connectivity index is 2.06. The zero-order valence-electron chi connectivity index (χ0n) is 15.3. The third-order valence-corrected chi connectivity index (χ3v) is 4.07. The summed E-state index contributed by atoms with van der Waals surface area (Å²) >= 11 is 0. The van der Waals surface area contributed by atoms with Crippen LogP contribution in [0.2, 0.25) is 0 Å². The molecule has 142 valence electrons. The molecule has 0 aliphatic carbocycles. The topological polar surface area (TPSA) is 85.3 Å². The van der Waals surface area contributed by atoms with Gasteiger partial charge in [0, 0.05) is 11.6 Å². The normalized spacial score (nSPS) is 12.2. The van der Waals surface area contributed by atoms with Crippen LogP contribution in [-0.2, 0) is 6.54 Å². The van der Waals surface area contributed by atoms with E-state index in [2.05, 4.69) is 20.3 Å². The Kier molecular flexibility index (Phi) is 5.48. The first kappa shape index (κ1) is 18.9. The van der Waals surface area contributed by atoms with Crippen LogP contribution in [0.15, 0.2) is 35.3 Å². The summed E-state index contributed by atoms with van der Waals surface area (Å²) in [5.74, 6) is -0.152. The van der Waals surface area contributed by atoms with Gasteiger partial charge in [0.2, 0.25) is 0 Å². The number of hydroxylamine groups is 1. The molecule has 6 nitrogen and oxygen atoms in total. The predicted octanol–water partition coefficient (Wildman–Crippen LogP) is 3.70. The first-order valence-corrected chi connectivity index (χ1v) is 8.55. The van der Waals surface area contributed by atoms with Gasteiger partial charge in [0.15, 0.2) is 11.7 Å². The summed E-state index contributed by atoms with van der Waals surface area (Å²) in [5.41, 5.74) is 3.94. The van der Waals surface area contributed by atoms with E-state index in [1.165, 1.54) is 24.3 Å². The molecule has 1 heterocycles. The lowest BCUT2D eigenvalue weighted by Crippen LogP contribution is -2.22. The molecule has 4 N–H and O–H groups in total. The maximum Gasteiger partial charge on any atom is 0.159 e. The first-order chi connectivity index (χ1) is 12.9. The lowest BCUT2D eigenvalue weighted by Gasteiger charge is -2.07. The molecule has 0 saturated carbocycles. The molecule has 0 radical (unpaired) electrons. The second-order valence-electron chi connectivity index (χ2n) is 6.54. The highest BCUT2D eigenvalue weighted by atomic mass is 19.1. The number of imidazole rings is 1. The quantitative estimate of drug-likeness (QED) is 0.312. The minimum Gasteiger partial charge on any atom is -0.340 e. The number of benzene rings is 2. The Bertz CT molecular complexity index is 997. The molecule has 2 aromatic carbocycles. The Hall–Kier alpha value is -2.84. The van der Waals surface area contributed by atoms with Crippen molar-refractivity contribution in [2.75, 3.05) is 0 Å². The fraction of sp³-hybridized carbons (Fsp3) is 0.263. The zero-order chi connectivity index (χ0) is 19.6. The standard InChI is InChI=1S/C19H21F2N5O/c1-10(2)22-9-16-24-17-13(5-7-15(21)18(17)25-16)19(26-27)23-12-4-6-14(20)11(3)8-12/h4-8,10,22,27H,9H2,1-3H3,(H,23,26)(H,24,25). The molecule has 0 unspecified atom stereocenters. The average Bonchev–Trinajstić information content (AvgIpc) is 3.07. The number of H-pyrrole nitrogens is 1. The number of hydrogen-bond acceptors (Lipinski definition) is 4. The van der Waals surface area contributed by atoms with Gasteiger partial charge in [-0.3, -0.25) is 10.7 Å². The van der Waals surface area contributed by atoms with Crippen molar-refractivity contribution >= 4 is 22.6 Å². The van der Waals surface area contributed by atoms with Gasteiger partial charge in [-0.15, -0.1) is 0 Å². The van der Waals surface area contributed by atoms with Gasteiger partial charge in [0.25, 0.3) is 0 Å². The summed E-state index contributed by atoms with van der Waals surface area (Å²) < 4.78 is 27.7. The van der Waals surface area contributed by atoms with Gasteiger partial charge in [-0.05, 0) is 42.8 Å². The number of aliphatic imine (C=N–C) groups is 1. The van der Waals surface area contributed by atoms with Gasteiger partial charge in [-0.2, -0.15) is 0 Å². The Morgan fingerprint density at radius 2 is 1.96 bits per heavy atom. The highest BCUT2D eigenvalue weighted by molar-refractivity contribution is 6.08. The molecule has 8 heteroatoms. The highest BCUT2D eigenvalue weighted by Gasteiger charge is 2.16. The summed E-state index contributed by atoms with van der Waals surface area (Å²) in [4.78, 5) is 11.7. The summed E-state index contributed by atoms with van der Waals surface area (Å²) in [7, 11) is 0. The number of aromatic amines is 1. The largest absolute Gasteiger partial charge is 0.340 e. The van der Waals surface area contributed by atoms with Crippen LogP contribution >= 0.6 is 0 Å². The van der Waals surface area contributed by atoms with Crippen molar-refractivity contribution in [2.24, 2.45) is 4.99 Å². The van der Waals surface area contributed by atoms with E-state index in [1.807, 2.05) is 19.3 Å². The number of rotatable bonds is 5. The van der Waals surface area contributed by atoms with Crippen LogP contribution < -0.4 is 10.8 Å². The molecule has 1 aromatic heterocycles. The molecule has 0 fully saturated rings. The number of halogens is 2. The van der Waals surface area contributed by atoms with Gasteiger partial charge in [-0.25, -0.2) is 18.8 Å². The van der Waals surface area contributed by atoms with E-state index in [4.69, 9.17) is 0 Å².